The molecule has 1 aromatic carbocycles. The van der Waals surface area contributed by atoms with Crippen LogP contribution in [0.25, 0.3) is 11.0 Å². The number of nitrogens with two attached hydrogens (primary N) is 1. The van der Waals surface area contributed by atoms with Crippen molar-refractivity contribution in [1.29, 1.82) is 0 Å². The van der Waals surface area contributed by atoms with Gasteiger partial charge in [0.15, 0.2) is 0 Å². The predicted octanol–water partition coefficient (Wildman–Crippen LogP) is 1.14. The number of amides is 1. The van der Waals surface area contributed by atoms with E-state index in [1.165, 1.54) is 18.2 Å². The lowest BCUT2D eigenvalue weighted by Gasteiger charge is -2.05. The number of rotatable bonds is 3. The minimum atomic E-state index is -0.861. The summed E-state index contributed by atoms with van der Waals surface area (Å²) in [5, 5.41) is 9.99. The number of aromatic hydroxyl groups is 1. The average Bonchev–Trinajstić information content (AvgIpc) is 2.27. The van der Waals surface area contributed by atoms with Crippen molar-refractivity contribution in [1.82, 2.24) is 0 Å². The molecule has 6 heteroatoms. The Morgan fingerprint density at radius 3 is 2.89 bits per heavy atom. The SMILES string of the molecule is NC(=O)OCCc1cc(=O)oc2cc(O)ccc12. The first-order valence-corrected chi connectivity index (χ1v) is 5.24. The number of carbonyl (C=O) groups is 1. The third kappa shape index (κ3) is 2.60. The molecule has 18 heavy (non-hydrogen) atoms. The molecule has 0 radical (unpaired) electrons. The molecule has 0 aliphatic carbocycles. The zero-order valence-electron chi connectivity index (χ0n) is 9.38. The first kappa shape index (κ1) is 12.0. The molecule has 1 amide bonds. The van der Waals surface area contributed by atoms with Crippen LogP contribution < -0.4 is 11.4 Å². The minimum absolute atomic E-state index is 0.0104. The quantitative estimate of drug-likeness (QED) is 0.794. The van der Waals surface area contributed by atoms with Crippen molar-refractivity contribution in [2.75, 3.05) is 6.61 Å². The average molecular weight is 249 g/mol. The fraction of sp³-hybridized carbons (Fsp3) is 0.167. The molecule has 0 saturated carbocycles. The molecule has 2 aromatic rings. The Kier molecular flexibility index (Phi) is 3.18. The van der Waals surface area contributed by atoms with Crippen LogP contribution in [0.3, 0.4) is 0 Å². The second kappa shape index (κ2) is 4.79. The molecule has 1 aromatic heterocycles. The number of phenolic OH excluding ortho intramolecular Hbond substituents is 1. The van der Waals surface area contributed by atoms with E-state index in [9.17, 15) is 14.7 Å². The molecule has 0 bridgehead atoms. The molecule has 3 N–H and O–H groups in total. The molecule has 0 spiro atoms. The standard InChI is InChI=1S/C12H11NO5/c13-12(16)17-4-3-7-5-11(15)18-10-6-8(14)1-2-9(7)10/h1-2,5-6,14H,3-4H2,(H2,13,16). The highest BCUT2D eigenvalue weighted by Gasteiger charge is 2.07. The van der Waals surface area contributed by atoms with Crippen LogP contribution in [-0.4, -0.2) is 17.8 Å². The first-order valence-electron chi connectivity index (χ1n) is 5.24. The van der Waals surface area contributed by atoms with Gasteiger partial charge in [-0.15, -0.1) is 0 Å². The summed E-state index contributed by atoms with van der Waals surface area (Å²) in [6.45, 7) is 0.0781. The van der Waals surface area contributed by atoms with Crippen LogP contribution >= 0.6 is 0 Å². The zero-order valence-corrected chi connectivity index (χ0v) is 9.38. The molecule has 1 heterocycles. The lowest BCUT2D eigenvalue weighted by atomic mass is 10.1. The number of phenols is 1. The minimum Gasteiger partial charge on any atom is -0.508 e. The van der Waals surface area contributed by atoms with Gasteiger partial charge in [-0.2, -0.15) is 0 Å². The van der Waals surface area contributed by atoms with Gasteiger partial charge < -0.3 is 20.0 Å². The van der Waals surface area contributed by atoms with E-state index < -0.39 is 11.7 Å². The van der Waals surface area contributed by atoms with E-state index in [0.717, 1.165) is 0 Å². The van der Waals surface area contributed by atoms with Gasteiger partial charge in [-0.1, -0.05) is 0 Å². The van der Waals surface area contributed by atoms with Crippen LogP contribution in [0, 0.1) is 0 Å². The lowest BCUT2D eigenvalue weighted by Crippen LogP contribution is -2.15. The maximum Gasteiger partial charge on any atom is 0.404 e. The summed E-state index contributed by atoms with van der Waals surface area (Å²) in [5.41, 5.74) is 5.28. The van der Waals surface area contributed by atoms with Gasteiger partial charge in [0.05, 0.1) is 6.61 Å². The maximum atomic E-state index is 11.3. The summed E-state index contributed by atoms with van der Waals surface area (Å²) in [5.74, 6) is 0.0104. The van der Waals surface area contributed by atoms with E-state index in [4.69, 9.17) is 10.2 Å². The van der Waals surface area contributed by atoms with Crippen LogP contribution in [0.15, 0.2) is 33.5 Å². The molecular weight excluding hydrogens is 238 g/mol. The molecule has 6 nitrogen and oxygen atoms in total. The smallest absolute Gasteiger partial charge is 0.404 e. The highest BCUT2D eigenvalue weighted by molar-refractivity contribution is 5.81. The molecule has 0 atom stereocenters. The van der Waals surface area contributed by atoms with Crippen LogP contribution in [0.5, 0.6) is 5.75 Å². The van der Waals surface area contributed by atoms with Gasteiger partial charge in [0.2, 0.25) is 0 Å². The predicted molar refractivity (Wildman–Crippen MR) is 63.4 cm³/mol. The van der Waals surface area contributed by atoms with Crippen LogP contribution in [0.2, 0.25) is 0 Å². The second-order valence-electron chi connectivity index (χ2n) is 3.69. The Morgan fingerprint density at radius 2 is 2.17 bits per heavy atom. The topological polar surface area (TPSA) is 103 Å². The van der Waals surface area contributed by atoms with Crippen LogP contribution in [0.4, 0.5) is 4.79 Å². The second-order valence-corrected chi connectivity index (χ2v) is 3.69. The number of fused-ring (bicyclic) bond motifs is 1. The van der Waals surface area contributed by atoms with Crippen molar-refractivity contribution in [3.8, 4) is 5.75 Å². The van der Waals surface area contributed by atoms with Gasteiger partial charge in [-0.25, -0.2) is 9.59 Å². The molecule has 0 saturated heterocycles. The van der Waals surface area contributed by atoms with Crippen molar-refractivity contribution in [3.05, 3.63) is 40.2 Å². The first-order chi connectivity index (χ1) is 8.56. The van der Waals surface area contributed by atoms with Crippen molar-refractivity contribution in [2.45, 2.75) is 6.42 Å². The molecule has 0 fully saturated rings. The largest absolute Gasteiger partial charge is 0.508 e. The van der Waals surface area contributed by atoms with Gasteiger partial charge in [-0.3, -0.25) is 0 Å². The highest BCUT2D eigenvalue weighted by Crippen LogP contribution is 2.21. The van der Waals surface area contributed by atoms with E-state index in [0.29, 0.717) is 17.4 Å². The molecule has 0 aliphatic heterocycles. The number of hydrogen-bond acceptors (Lipinski definition) is 5. The highest BCUT2D eigenvalue weighted by atomic mass is 16.5. The summed E-state index contributed by atoms with van der Waals surface area (Å²) >= 11 is 0. The fourth-order valence-corrected chi connectivity index (χ4v) is 1.69. The fourth-order valence-electron chi connectivity index (χ4n) is 1.69. The molecule has 0 aliphatic rings. The summed E-state index contributed by atoms with van der Waals surface area (Å²) < 4.78 is 9.58. The zero-order chi connectivity index (χ0) is 13.1. The van der Waals surface area contributed by atoms with Crippen molar-refractivity contribution in [3.63, 3.8) is 0 Å². The van der Waals surface area contributed by atoms with Crippen LogP contribution in [-0.2, 0) is 11.2 Å². The van der Waals surface area contributed by atoms with Gasteiger partial charge in [-0.05, 0) is 17.7 Å². The molecular formula is C12H11NO5. The van der Waals surface area contributed by atoms with Gasteiger partial charge in [0.1, 0.15) is 11.3 Å². The monoisotopic (exact) mass is 249 g/mol. The third-order valence-electron chi connectivity index (χ3n) is 2.43. The van der Waals surface area contributed by atoms with Gasteiger partial charge in [0, 0.05) is 23.9 Å². The normalized spacial score (nSPS) is 10.4. The van der Waals surface area contributed by atoms with Gasteiger partial charge in [0.25, 0.3) is 0 Å². The Hall–Kier alpha value is -2.50. The van der Waals surface area contributed by atoms with Crippen molar-refractivity contribution in [2.24, 2.45) is 5.73 Å². The van der Waals surface area contributed by atoms with Crippen molar-refractivity contribution < 1.29 is 19.1 Å². The Balaban J connectivity index is 2.37. The summed E-state index contributed by atoms with van der Waals surface area (Å²) in [7, 11) is 0. The number of hydrogen-bond donors (Lipinski definition) is 2. The van der Waals surface area contributed by atoms with Crippen molar-refractivity contribution >= 4 is 17.1 Å². The number of ether oxygens (including phenoxy) is 1. The molecule has 94 valence electrons. The number of benzene rings is 1. The number of primary amides is 1. The van der Waals surface area contributed by atoms with E-state index in [1.807, 2.05) is 0 Å². The van der Waals surface area contributed by atoms with Gasteiger partial charge >= 0.3 is 11.7 Å². The maximum absolute atomic E-state index is 11.3. The third-order valence-corrected chi connectivity index (χ3v) is 2.43. The summed E-state index contributed by atoms with van der Waals surface area (Å²) in [4.78, 5) is 21.8. The Bertz CT molecular complexity index is 646. The van der Waals surface area contributed by atoms with E-state index >= 15 is 0 Å². The van der Waals surface area contributed by atoms with E-state index in [-0.39, 0.29) is 17.9 Å². The Morgan fingerprint density at radius 1 is 1.39 bits per heavy atom. The van der Waals surface area contributed by atoms with E-state index in [2.05, 4.69) is 4.74 Å². The molecule has 0 unspecified atom stereocenters. The molecule has 2 rings (SSSR count). The Labute approximate surface area is 102 Å². The summed E-state index contributed by atoms with van der Waals surface area (Å²) in [6, 6.07) is 5.80. The lowest BCUT2D eigenvalue weighted by molar-refractivity contribution is 0.158. The number of carbonyl (C=O) groups excluding carboxylic acids is 1. The summed E-state index contributed by atoms with van der Waals surface area (Å²) in [6.07, 6.45) is -0.518. The van der Waals surface area contributed by atoms with Crippen LogP contribution in [0.1, 0.15) is 5.56 Å². The van der Waals surface area contributed by atoms with E-state index in [1.54, 1.807) is 6.07 Å².